The van der Waals surface area contributed by atoms with E-state index in [9.17, 15) is 4.79 Å². The summed E-state index contributed by atoms with van der Waals surface area (Å²) in [6.07, 6.45) is 1.02. The van der Waals surface area contributed by atoms with Crippen molar-refractivity contribution < 1.29 is 9.53 Å². The number of esters is 1. The average molecular weight is 307 g/mol. The van der Waals surface area contributed by atoms with Crippen LogP contribution < -0.4 is 0 Å². The summed E-state index contributed by atoms with van der Waals surface area (Å²) in [5, 5.41) is 5.29. The third-order valence-electron chi connectivity index (χ3n) is 3.62. The van der Waals surface area contributed by atoms with E-state index in [-0.39, 0.29) is 5.97 Å². The Balaban J connectivity index is 2.19. The van der Waals surface area contributed by atoms with E-state index in [0.717, 1.165) is 27.5 Å². The number of aryl methyl sites for hydroxylation is 1. The van der Waals surface area contributed by atoms with Gasteiger partial charge in [0.15, 0.2) is 0 Å². The SMILES string of the molecule is COC(=O)CCc1c(C)nn(Cc2ccccc2Cl)c1C. The molecule has 2 rings (SSSR count). The largest absolute Gasteiger partial charge is 0.469 e. The maximum atomic E-state index is 11.3. The second kappa shape index (κ2) is 6.76. The summed E-state index contributed by atoms with van der Waals surface area (Å²) in [6.45, 7) is 4.61. The minimum absolute atomic E-state index is 0.201. The van der Waals surface area contributed by atoms with E-state index in [1.54, 1.807) is 0 Å². The van der Waals surface area contributed by atoms with Crippen LogP contribution in [0.15, 0.2) is 24.3 Å². The molecule has 112 valence electrons. The van der Waals surface area contributed by atoms with E-state index in [1.165, 1.54) is 7.11 Å². The zero-order valence-electron chi connectivity index (χ0n) is 12.5. The van der Waals surface area contributed by atoms with Crippen molar-refractivity contribution in [1.82, 2.24) is 9.78 Å². The molecule has 0 radical (unpaired) electrons. The first-order valence-corrected chi connectivity index (χ1v) is 7.23. The quantitative estimate of drug-likeness (QED) is 0.796. The summed E-state index contributed by atoms with van der Waals surface area (Å²) in [5.74, 6) is -0.201. The lowest BCUT2D eigenvalue weighted by Gasteiger charge is -2.07. The Morgan fingerprint density at radius 2 is 2.05 bits per heavy atom. The Bertz CT molecular complexity index is 650. The molecule has 0 bridgehead atoms. The normalized spacial score (nSPS) is 10.7. The van der Waals surface area contributed by atoms with Gasteiger partial charge in [0, 0.05) is 17.1 Å². The number of hydrogen-bond donors (Lipinski definition) is 0. The van der Waals surface area contributed by atoms with Gasteiger partial charge >= 0.3 is 5.97 Å². The molecule has 1 aromatic carbocycles. The van der Waals surface area contributed by atoms with Gasteiger partial charge in [0.25, 0.3) is 0 Å². The molecule has 0 spiro atoms. The summed E-state index contributed by atoms with van der Waals surface area (Å²) >= 11 is 6.19. The van der Waals surface area contributed by atoms with E-state index in [4.69, 9.17) is 11.6 Å². The number of benzene rings is 1. The van der Waals surface area contributed by atoms with Crippen molar-refractivity contribution in [3.05, 3.63) is 51.8 Å². The summed E-state index contributed by atoms with van der Waals surface area (Å²) in [4.78, 5) is 11.3. The van der Waals surface area contributed by atoms with Gasteiger partial charge < -0.3 is 4.74 Å². The minimum atomic E-state index is -0.201. The molecule has 0 N–H and O–H groups in total. The van der Waals surface area contributed by atoms with Crippen molar-refractivity contribution >= 4 is 17.6 Å². The second-order valence-corrected chi connectivity index (χ2v) is 5.38. The van der Waals surface area contributed by atoms with Crippen LogP contribution in [0.4, 0.5) is 0 Å². The highest BCUT2D eigenvalue weighted by molar-refractivity contribution is 6.31. The summed E-state index contributed by atoms with van der Waals surface area (Å²) in [7, 11) is 1.41. The highest BCUT2D eigenvalue weighted by atomic mass is 35.5. The number of carbonyl (C=O) groups is 1. The molecule has 5 heteroatoms. The molecule has 0 amide bonds. The Morgan fingerprint density at radius 3 is 2.71 bits per heavy atom. The fourth-order valence-electron chi connectivity index (χ4n) is 2.37. The smallest absolute Gasteiger partial charge is 0.305 e. The molecule has 0 aliphatic rings. The first-order valence-electron chi connectivity index (χ1n) is 6.86. The van der Waals surface area contributed by atoms with E-state index in [0.29, 0.717) is 19.4 Å². The number of halogens is 1. The van der Waals surface area contributed by atoms with E-state index in [2.05, 4.69) is 9.84 Å². The number of ether oxygens (including phenoxy) is 1. The fraction of sp³-hybridized carbons (Fsp3) is 0.375. The zero-order valence-corrected chi connectivity index (χ0v) is 13.3. The summed E-state index contributed by atoms with van der Waals surface area (Å²) in [6, 6.07) is 7.74. The predicted molar refractivity (Wildman–Crippen MR) is 82.6 cm³/mol. The van der Waals surface area contributed by atoms with Crippen LogP contribution in [0.5, 0.6) is 0 Å². The van der Waals surface area contributed by atoms with Crippen LogP contribution in [0.25, 0.3) is 0 Å². The Kier molecular flexibility index (Phi) is 5.02. The Morgan fingerprint density at radius 1 is 1.33 bits per heavy atom. The number of methoxy groups -OCH3 is 1. The highest BCUT2D eigenvalue weighted by Crippen LogP contribution is 2.20. The van der Waals surface area contributed by atoms with Crippen molar-refractivity contribution in [2.45, 2.75) is 33.2 Å². The van der Waals surface area contributed by atoms with Crippen molar-refractivity contribution in [2.75, 3.05) is 7.11 Å². The molecule has 21 heavy (non-hydrogen) atoms. The first kappa shape index (κ1) is 15.6. The highest BCUT2D eigenvalue weighted by Gasteiger charge is 2.14. The third-order valence-corrected chi connectivity index (χ3v) is 3.98. The van der Waals surface area contributed by atoms with E-state index >= 15 is 0 Å². The molecule has 0 aliphatic carbocycles. The standard InChI is InChI=1S/C16H19ClN2O2/c1-11-14(8-9-16(20)21-3)12(2)19(18-11)10-13-6-4-5-7-15(13)17/h4-7H,8-10H2,1-3H3. The molecule has 0 atom stereocenters. The lowest BCUT2D eigenvalue weighted by Crippen LogP contribution is -2.06. The van der Waals surface area contributed by atoms with Gasteiger partial charge in [-0.3, -0.25) is 9.48 Å². The lowest BCUT2D eigenvalue weighted by molar-refractivity contribution is -0.140. The van der Waals surface area contributed by atoms with Gasteiger partial charge in [-0.2, -0.15) is 5.10 Å². The van der Waals surface area contributed by atoms with Gasteiger partial charge in [0.2, 0.25) is 0 Å². The Hall–Kier alpha value is -1.81. The van der Waals surface area contributed by atoms with Crippen molar-refractivity contribution in [3.63, 3.8) is 0 Å². The predicted octanol–water partition coefficient (Wildman–Crippen LogP) is 3.31. The molecular formula is C16H19ClN2O2. The van der Waals surface area contributed by atoms with Gasteiger partial charge in [-0.25, -0.2) is 0 Å². The van der Waals surface area contributed by atoms with Gasteiger partial charge in [-0.05, 0) is 37.5 Å². The fourth-order valence-corrected chi connectivity index (χ4v) is 2.56. The van der Waals surface area contributed by atoms with Crippen LogP contribution in [0.1, 0.15) is 28.9 Å². The molecule has 0 aliphatic heterocycles. The second-order valence-electron chi connectivity index (χ2n) is 4.97. The number of aromatic nitrogens is 2. The maximum absolute atomic E-state index is 11.3. The Labute approximate surface area is 129 Å². The zero-order chi connectivity index (χ0) is 15.4. The molecule has 0 fully saturated rings. The topological polar surface area (TPSA) is 44.1 Å². The molecule has 2 aromatic rings. The van der Waals surface area contributed by atoms with Crippen LogP contribution in [0.2, 0.25) is 5.02 Å². The average Bonchev–Trinajstić information content (AvgIpc) is 2.73. The van der Waals surface area contributed by atoms with Gasteiger partial charge in [-0.15, -0.1) is 0 Å². The third kappa shape index (κ3) is 3.64. The molecule has 0 saturated carbocycles. The summed E-state index contributed by atoms with van der Waals surface area (Å²) in [5.41, 5.74) is 4.15. The van der Waals surface area contributed by atoms with Crippen LogP contribution >= 0.6 is 11.6 Å². The number of carbonyl (C=O) groups excluding carboxylic acids is 1. The molecule has 4 nitrogen and oxygen atoms in total. The molecule has 0 unspecified atom stereocenters. The van der Waals surface area contributed by atoms with Gasteiger partial charge in [-0.1, -0.05) is 29.8 Å². The van der Waals surface area contributed by atoms with E-state index < -0.39 is 0 Å². The lowest BCUT2D eigenvalue weighted by atomic mass is 10.1. The van der Waals surface area contributed by atoms with Crippen LogP contribution in [-0.2, 0) is 22.5 Å². The monoisotopic (exact) mass is 306 g/mol. The van der Waals surface area contributed by atoms with E-state index in [1.807, 2.05) is 42.8 Å². The number of nitrogens with zero attached hydrogens (tertiary/aromatic N) is 2. The molecular weight excluding hydrogens is 288 g/mol. The molecule has 1 aromatic heterocycles. The molecule has 1 heterocycles. The van der Waals surface area contributed by atoms with Crippen molar-refractivity contribution in [1.29, 1.82) is 0 Å². The van der Waals surface area contributed by atoms with Gasteiger partial charge in [0.1, 0.15) is 0 Å². The van der Waals surface area contributed by atoms with Crippen molar-refractivity contribution in [3.8, 4) is 0 Å². The van der Waals surface area contributed by atoms with Crippen LogP contribution in [-0.4, -0.2) is 22.9 Å². The van der Waals surface area contributed by atoms with Crippen molar-refractivity contribution in [2.24, 2.45) is 0 Å². The molecule has 0 saturated heterocycles. The van der Waals surface area contributed by atoms with Crippen LogP contribution in [0, 0.1) is 13.8 Å². The maximum Gasteiger partial charge on any atom is 0.305 e. The number of hydrogen-bond acceptors (Lipinski definition) is 3. The first-order chi connectivity index (χ1) is 10.0. The number of rotatable bonds is 5. The van der Waals surface area contributed by atoms with Crippen LogP contribution in [0.3, 0.4) is 0 Å². The van der Waals surface area contributed by atoms with Gasteiger partial charge in [0.05, 0.1) is 19.3 Å². The summed E-state index contributed by atoms with van der Waals surface area (Å²) < 4.78 is 6.62. The minimum Gasteiger partial charge on any atom is -0.469 e.